The Kier molecular flexibility index (Phi) is 4.50. The summed E-state index contributed by atoms with van der Waals surface area (Å²) in [6, 6.07) is 13.8. The van der Waals surface area contributed by atoms with Crippen LogP contribution in [0.1, 0.15) is 18.7 Å². The Hall–Kier alpha value is -3.35. The molecule has 0 aliphatic heterocycles. The smallest absolute Gasteiger partial charge is 0.305 e. The van der Waals surface area contributed by atoms with Crippen LogP contribution in [-0.2, 0) is 16.0 Å². The van der Waals surface area contributed by atoms with Crippen LogP contribution in [0.4, 0.5) is 4.39 Å². The van der Waals surface area contributed by atoms with Gasteiger partial charge in [-0.15, -0.1) is 5.10 Å². The van der Waals surface area contributed by atoms with Gasteiger partial charge >= 0.3 is 5.97 Å². The van der Waals surface area contributed by atoms with Crippen molar-refractivity contribution in [3.8, 4) is 11.4 Å². The first-order valence-corrected chi connectivity index (χ1v) is 8.63. The Morgan fingerprint density at radius 2 is 1.89 bits per heavy atom. The largest absolute Gasteiger partial charge is 0.469 e. The Morgan fingerprint density at radius 1 is 1.11 bits per heavy atom. The normalized spacial score (nSPS) is 11.2. The minimum atomic E-state index is -0.307. The van der Waals surface area contributed by atoms with E-state index in [4.69, 9.17) is 9.72 Å². The zero-order chi connectivity index (χ0) is 18.8. The third-order valence-electron chi connectivity index (χ3n) is 4.36. The molecular formula is C20H17FN4O2. The fourth-order valence-corrected chi connectivity index (χ4v) is 2.99. The predicted molar refractivity (Wildman–Crippen MR) is 98.6 cm³/mol. The molecule has 2 aromatic carbocycles. The van der Waals surface area contributed by atoms with Gasteiger partial charge in [-0.1, -0.05) is 12.1 Å². The molecule has 6 nitrogen and oxygen atoms in total. The number of aryl methyl sites for hydroxylation is 1. The lowest BCUT2D eigenvalue weighted by atomic mass is 10.2. The van der Waals surface area contributed by atoms with Gasteiger partial charge in [-0.3, -0.25) is 4.79 Å². The molecule has 0 atom stereocenters. The average molecular weight is 364 g/mol. The summed E-state index contributed by atoms with van der Waals surface area (Å²) in [7, 11) is 1.38. The molecule has 0 unspecified atom stereocenters. The minimum Gasteiger partial charge on any atom is -0.469 e. The van der Waals surface area contributed by atoms with Crippen molar-refractivity contribution in [3.63, 3.8) is 0 Å². The summed E-state index contributed by atoms with van der Waals surface area (Å²) in [4.78, 5) is 20.7. The van der Waals surface area contributed by atoms with Gasteiger partial charge in [0.2, 0.25) is 0 Å². The molecule has 0 spiro atoms. The second-order valence-electron chi connectivity index (χ2n) is 6.15. The van der Waals surface area contributed by atoms with Crippen molar-refractivity contribution in [2.24, 2.45) is 0 Å². The second-order valence-corrected chi connectivity index (χ2v) is 6.15. The van der Waals surface area contributed by atoms with E-state index >= 15 is 0 Å². The first-order valence-electron chi connectivity index (χ1n) is 8.63. The lowest BCUT2D eigenvalue weighted by molar-refractivity contribution is -0.140. The van der Waals surface area contributed by atoms with E-state index in [0.29, 0.717) is 36.6 Å². The summed E-state index contributed by atoms with van der Waals surface area (Å²) in [5, 5.41) is 5.47. The van der Waals surface area contributed by atoms with Crippen molar-refractivity contribution < 1.29 is 13.9 Å². The summed E-state index contributed by atoms with van der Waals surface area (Å²) in [5.41, 5.74) is 2.23. The highest BCUT2D eigenvalue weighted by Crippen LogP contribution is 2.23. The van der Waals surface area contributed by atoms with Crippen LogP contribution in [-0.4, -0.2) is 32.7 Å². The minimum absolute atomic E-state index is 0.252. The highest BCUT2D eigenvalue weighted by atomic mass is 19.1. The Morgan fingerprint density at radius 3 is 2.67 bits per heavy atom. The quantitative estimate of drug-likeness (QED) is 0.506. The molecule has 0 saturated heterocycles. The molecule has 4 rings (SSSR count). The van der Waals surface area contributed by atoms with Crippen molar-refractivity contribution in [3.05, 3.63) is 60.2 Å². The van der Waals surface area contributed by atoms with Crippen molar-refractivity contribution >= 4 is 22.5 Å². The van der Waals surface area contributed by atoms with E-state index in [9.17, 15) is 9.18 Å². The summed E-state index contributed by atoms with van der Waals surface area (Å²) in [6.07, 6.45) is 1.47. The van der Waals surface area contributed by atoms with E-state index < -0.39 is 0 Å². The molecule has 136 valence electrons. The number of para-hydroxylation sites is 1. The van der Waals surface area contributed by atoms with Gasteiger partial charge in [-0.05, 0) is 42.8 Å². The topological polar surface area (TPSA) is 69.4 Å². The third-order valence-corrected chi connectivity index (χ3v) is 4.36. The maximum absolute atomic E-state index is 13.2. The number of methoxy groups -OCH3 is 1. The molecule has 4 aromatic rings. The number of esters is 1. The average Bonchev–Trinajstić information content (AvgIpc) is 3.14. The monoisotopic (exact) mass is 364 g/mol. The number of nitrogens with zero attached hydrogens (tertiary/aromatic N) is 4. The van der Waals surface area contributed by atoms with Crippen LogP contribution in [0.5, 0.6) is 0 Å². The van der Waals surface area contributed by atoms with Crippen molar-refractivity contribution in [2.75, 3.05) is 7.11 Å². The van der Waals surface area contributed by atoms with Gasteiger partial charge in [0.1, 0.15) is 11.6 Å². The molecule has 0 amide bonds. The molecule has 0 fully saturated rings. The molecule has 27 heavy (non-hydrogen) atoms. The number of rotatable bonds is 5. The molecule has 0 bridgehead atoms. The van der Waals surface area contributed by atoms with Gasteiger partial charge in [-0.25, -0.2) is 14.4 Å². The van der Waals surface area contributed by atoms with E-state index in [0.717, 1.165) is 16.5 Å². The van der Waals surface area contributed by atoms with E-state index in [2.05, 4.69) is 10.1 Å². The van der Waals surface area contributed by atoms with Crippen molar-refractivity contribution in [1.29, 1.82) is 0 Å². The van der Waals surface area contributed by atoms with Crippen molar-refractivity contribution in [2.45, 2.75) is 19.3 Å². The van der Waals surface area contributed by atoms with Gasteiger partial charge in [0.25, 0.3) is 0 Å². The zero-order valence-electron chi connectivity index (χ0n) is 14.7. The summed E-state index contributed by atoms with van der Waals surface area (Å²) >= 11 is 0. The highest BCUT2D eigenvalue weighted by Gasteiger charge is 2.15. The molecule has 7 heteroatoms. The maximum Gasteiger partial charge on any atom is 0.305 e. The molecule has 0 aliphatic rings. The number of aromatic nitrogens is 4. The van der Waals surface area contributed by atoms with Crippen LogP contribution >= 0.6 is 0 Å². The van der Waals surface area contributed by atoms with E-state index in [1.54, 1.807) is 16.6 Å². The van der Waals surface area contributed by atoms with Gasteiger partial charge < -0.3 is 4.74 Å². The zero-order valence-corrected chi connectivity index (χ0v) is 14.7. The SMILES string of the molecule is COC(=O)CCCc1nc2ccccc2c2nc(-c3ccc(F)cc3)nn12. The predicted octanol–water partition coefficient (Wildman–Crippen LogP) is 3.58. The first kappa shape index (κ1) is 17.1. The van der Waals surface area contributed by atoms with E-state index in [1.807, 2.05) is 24.3 Å². The first-order chi connectivity index (χ1) is 13.2. The fourth-order valence-electron chi connectivity index (χ4n) is 2.99. The summed E-state index contributed by atoms with van der Waals surface area (Å²) in [6.45, 7) is 0. The number of ether oxygens (including phenoxy) is 1. The summed E-state index contributed by atoms with van der Waals surface area (Å²) < 4.78 is 19.6. The molecular weight excluding hydrogens is 347 g/mol. The Bertz CT molecular complexity index is 1120. The van der Waals surface area contributed by atoms with Crippen LogP contribution in [0.25, 0.3) is 27.9 Å². The van der Waals surface area contributed by atoms with Gasteiger partial charge in [0.15, 0.2) is 11.5 Å². The second kappa shape index (κ2) is 7.11. The Balaban J connectivity index is 1.80. The lowest BCUT2D eigenvalue weighted by Gasteiger charge is -2.06. The number of halogens is 1. The van der Waals surface area contributed by atoms with E-state index in [-0.39, 0.29) is 11.8 Å². The number of carbonyl (C=O) groups excluding carboxylic acids is 1. The fraction of sp³-hybridized carbons (Fsp3) is 0.200. The van der Waals surface area contributed by atoms with Crippen LogP contribution in [0, 0.1) is 5.82 Å². The van der Waals surface area contributed by atoms with Gasteiger partial charge in [-0.2, -0.15) is 4.52 Å². The van der Waals surface area contributed by atoms with Crippen LogP contribution in [0.2, 0.25) is 0 Å². The van der Waals surface area contributed by atoms with Crippen LogP contribution in [0.15, 0.2) is 48.5 Å². The lowest BCUT2D eigenvalue weighted by Crippen LogP contribution is -2.06. The molecule has 2 heterocycles. The number of carbonyl (C=O) groups is 1. The molecule has 0 saturated carbocycles. The number of hydrogen-bond donors (Lipinski definition) is 0. The maximum atomic E-state index is 13.2. The number of benzene rings is 2. The molecule has 0 radical (unpaired) electrons. The van der Waals surface area contributed by atoms with E-state index in [1.165, 1.54) is 19.2 Å². The highest BCUT2D eigenvalue weighted by molar-refractivity contribution is 5.91. The summed E-state index contributed by atoms with van der Waals surface area (Å²) in [5.74, 6) is 0.659. The molecule has 2 aromatic heterocycles. The molecule has 0 aliphatic carbocycles. The van der Waals surface area contributed by atoms with Crippen molar-refractivity contribution in [1.82, 2.24) is 19.6 Å². The van der Waals surface area contributed by atoms with Crippen LogP contribution in [0.3, 0.4) is 0 Å². The third kappa shape index (κ3) is 3.36. The number of fused-ring (bicyclic) bond motifs is 3. The van der Waals surface area contributed by atoms with Gasteiger partial charge in [0, 0.05) is 23.8 Å². The van der Waals surface area contributed by atoms with Crippen LogP contribution < -0.4 is 0 Å². The van der Waals surface area contributed by atoms with Gasteiger partial charge in [0.05, 0.1) is 12.6 Å². The number of hydrogen-bond acceptors (Lipinski definition) is 5. The Labute approximate surface area is 154 Å². The molecule has 0 N–H and O–H groups in total. The standard InChI is InChI=1S/C20H17FN4O2/c1-27-18(26)8-4-7-17-22-16-6-3-2-5-15(16)20-23-19(24-25(17)20)13-9-11-14(21)12-10-13/h2-3,5-6,9-12H,4,7-8H2,1H3.